The van der Waals surface area contributed by atoms with E-state index in [1.54, 1.807) is 0 Å². The van der Waals surface area contributed by atoms with E-state index >= 15 is 0 Å². The first-order valence-corrected chi connectivity index (χ1v) is 6.67. The lowest BCUT2D eigenvalue weighted by Gasteiger charge is -2.15. The fraction of sp³-hybridized carbons (Fsp3) is 0.538. The van der Waals surface area contributed by atoms with E-state index < -0.39 is 22.2 Å². The van der Waals surface area contributed by atoms with E-state index in [9.17, 15) is 18.9 Å². The number of hydrogen-bond donors (Lipinski definition) is 1. The summed E-state index contributed by atoms with van der Waals surface area (Å²) in [6.45, 7) is 3.49. The summed E-state index contributed by atoms with van der Waals surface area (Å²) < 4.78 is 27.2. The lowest BCUT2D eigenvalue weighted by Crippen LogP contribution is -2.22. The maximum atomic E-state index is 13.6. The zero-order chi connectivity index (χ0) is 14.5. The number of halogens is 2. The highest BCUT2D eigenvalue weighted by molar-refractivity contribution is 5.51. The van der Waals surface area contributed by atoms with Crippen LogP contribution in [0.4, 0.5) is 20.2 Å². The molecule has 1 N–H and O–H groups in total. The minimum absolute atomic E-state index is 0.294. The van der Waals surface area contributed by atoms with Crippen LogP contribution in [0.2, 0.25) is 0 Å². The van der Waals surface area contributed by atoms with Gasteiger partial charge >= 0.3 is 0 Å². The number of anilines is 1. The summed E-state index contributed by atoms with van der Waals surface area (Å²) in [5.74, 6) is -1.87. The van der Waals surface area contributed by atoms with Crippen molar-refractivity contribution in [3.05, 3.63) is 33.9 Å². The Kier molecular flexibility index (Phi) is 4.84. The van der Waals surface area contributed by atoms with Gasteiger partial charge in [0.2, 0.25) is 0 Å². The van der Waals surface area contributed by atoms with Gasteiger partial charge in [-0.2, -0.15) is 0 Å². The molecule has 0 atom stereocenters. The zero-order valence-electron chi connectivity index (χ0n) is 11.1. The van der Waals surface area contributed by atoms with Crippen LogP contribution in [0.25, 0.3) is 0 Å². The molecule has 0 saturated carbocycles. The van der Waals surface area contributed by atoms with Crippen molar-refractivity contribution in [3.63, 3.8) is 0 Å². The van der Waals surface area contributed by atoms with Crippen LogP contribution in [0.3, 0.4) is 0 Å². The molecule has 7 heteroatoms. The monoisotopic (exact) mass is 285 g/mol. The number of likely N-dealkylation sites (tertiary alicyclic amines) is 1. The average molecular weight is 285 g/mol. The van der Waals surface area contributed by atoms with Crippen molar-refractivity contribution in [2.45, 2.75) is 19.3 Å². The summed E-state index contributed by atoms with van der Waals surface area (Å²) in [5, 5.41) is 13.1. The molecule has 1 aromatic rings. The molecule has 0 spiro atoms. The molecule has 0 radical (unpaired) electrons. The molecule has 1 aliphatic heterocycles. The fourth-order valence-electron chi connectivity index (χ4n) is 2.36. The van der Waals surface area contributed by atoms with Crippen molar-refractivity contribution in [3.8, 4) is 0 Å². The molecule has 1 saturated heterocycles. The number of nitro groups is 1. The summed E-state index contributed by atoms with van der Waals surface area (Å²) >= 11 is 0. The van der Waals surface area contributed by atoms with Gasteiger partial charge in [0.15, 0.2) is 11.6 Å². The van der Waals surface area contributed by atoms with Gasteiger partial charge in [0, 0.05) is 6.54 Å². The van der Waals surface area contributed by atoms with Gasteiger partial charge in [-0.15, -0.1) is 0 Å². The Balaban J connectivity index is 1.87. The van der Waals surface area contributed by atoms with Gasteiger partial charge < -0.3 is 10.2 Å². The molecule has 0 unspecified atom stereocenters. The maximum absolute atomic E-state index is 13.6. The van der Waals surface area contributed by atoms with E-state index in [4.69, 9.17) is 0 Å². The van der Waals surface area contributed by atoms with Crippen LogP contribution in [0.5, 0.6) is 0 Å². The summed E-state index contributed by atoms with van der Waals surface area (Å²) in [5.41, 5.74) is -0.875. The molecule has 1 aromatic carbocycles. The quantitative estimate of drug-likeness (QED) is 0.496. The molecule has 2 rings (SSSR count). The molecule has 5 nitrogen and oxygen atoms in total. The molecule has 110 valence electrons. The number of nitrogens with zero attached hydrogens (tertiary/aromatic N) is 2. The average Bonchev–Trinajstić information content (AvgIpc) is 2.89. The van der Waals surface area contributed by atoms with Crippen LogP contribution < -0.4 is 5.32 Å². The summed E-state index contributed by atoms with van der Waals surface area (Å²) in [6.07, 6.45) is 3.19. The van der Waals surface area contributed by atoms with E-state index in [2.05, 4.69) is 10.2 Å². The molecule has 1 aliphatic rings. The first kappa shape index (κ1) is 14.6. The maximum Gasteiger partial charge on any atom is 0.275 e. The number of rotatable bonds is 6. The number of hydrogen-bond acceptors (Lipinski definition) is 4. The lowest BCUT2D eigenvalue weighted by atomic mass is 10.2. The third-order valence-corrected chi connectivity index (χ3v) is 3.39. The minimum atomic E-state index is -0.933. The molecule has 0 aliphatic carbocycles. The number of benzene rings is 1. The molecule has 20 heavy (non-hydrogen) atoms. The number of non-ortho nitro benzene ring substituents is 1. The predicted molar refractivity (Wildman–Crippen MR) is 71.8 cm³/mol. The second-order valence-corrected chi connectivity index (χ2v) is 4.87. The van der Waals surface area contributed by atoms with Crippen LogP contribution in [0.15, 0.2) is 12.1 Å². The van der Waals surface area contributed by atoms with E-state index in [0.717, 1.165) is 38.2 Å². The van der Waals surface area contributed by atoms with E-state index in [-0.39, 0.29) is 5.69 Å². The van der Waals surface area contributed by atoms with Gasteiger partial charge in [-0.3, -0.25) is 10.1 Å². The summed E-state index contributed by atoms with van der Waals surface area (Å²) in [7, 11) is 0. The third-order valence-electron chi connectivity index (χ3n) is 3.39. The van der Waals surface area contributed by atoms with Gasteiger partial charge in [0.05, 0.1) is 17.1 Å². The molecular weight excluding hydrogens is 268 g/mol. The van der Waals surface area contributed by atoms with Crippen LogP contribution >= 0.6 is 0 Å². The highest BCUT2D eigenvalue weighted by Crippen LogP contribution is 2.24. The van der Waals surface area contributed by atoms with Crippen molar-refractivity contribution in [1.82, 2.24) is 4.90 Å². The first-order chi connectivity index (χ1) is 9.58. The molecule has 0 bridgehead atoms. The number of nitro benzene ring substituents is 1. The molecule has 1 fully saturated rings. The third kappa shape index (κ3) is 3.63. The van der Waals surface area contributed by atoms with Crippen LogP contribution in [-0.2, 0) is 0 Å². The minimum Gasteiger partial charge on any atom is -0.380 e. The fourth-order valence-corrected chi connectivity index (χ4v) is 2.36. The standard InChI is InChI=1S/C13H17F2N3O2/c14-11-8-10(18(19)20)9-12(15)13(11)16-4-3-7-17-5-1-2-6-17/h8-9,16H,1-7H2. The van der Waals surface area contributed by atoms with Crippen molar-refractivity contribution < 1.29 is 13.7 Å². The Morgan fingerprint density at radius 3 is 2.40 bits per heavy atom. The van der Waals surface area contributed by atoms with Crippen LogP contribution in [-0.4, -0.2) is 36.0 Å². The van der Waals surface area contributed by atoms with E-state index in [1.807, 2.05) is 0 Å². The van der Waals surface area contributed by atoms with Gasteiger partial charge in [0.25, 0.3) is 5.69 Å². The first-order valence-electron chi connectivity index (χ1n) is 6.67. The van der Waals surface area contributed by atoms with Crippen molar-refractivity contribution >= 4 is 11.4 Å². The molecule has 0 aromatic heterocycles. The van der Waals surface area contributed by atoms with Gasteiger partial charge in [-0.05, 0) is 38.9 Å². The predicted octanol–water partition coefficient (Wildman–Crippen LogP) is 2.77. The second kappa shape index (κ2) is 6.60. The highest BCUT2D eigenvalue weighted by Gasteiger charge is 2.17. The van der Waals surface area contributed by atoms with Crippen molar-refractivity contribution in [2.24, 2.45) is 0 Å². The normalized spacial score (nSPS) is 15.5. The van der Waals surface area contributed by atoms with E-state index in [0.29, 0.717) is 6.54 Å². The molecular formula is C13H17F2N3O2. The van der Waals surface area contributed by atoms with Crippen molar-refractivity contribution in [1.29, 1.82) is 0 Å². The van der Waals surface area contributed by atoms with Gasteiger partial charge in [-0.1, -0.05) is 0 Å². The zero-order valence-corrected chi connectivity index (χ0v) is 11.1. The SMILES string of the molecule is O=[N+]([O-])c1cc(F)c(NCCCN2CCCC2)c(F)c1. The Bertz CT molecular complexity index is 467. The van der Waals surface area contributed by atoms with Gasteiger partial charge in [0.1, 0.15) is 5.69 Å². The van der Waals surface area contributed by atoms with Crippen molar-refractivity contribution in [2.75, 3.05) is 31.5 Å². The highest BCUT2D eigenvalue weighted by atomic mass is 19.1. The van der Waals surface area contributed by atoms with Crippen LogP contribution in [0.1, 0.15) is 19.3 Å². The topological polar surface area (TPSA) is 58.4 Å². The largest absolute Gasteiger partial charge is 0.380 e. The number of nitrogens with one attached hydrogen (secondary N) is 1. The Morgan fingerprint density at radius 2 is 1.85 bits per heavy atom. The smallest absolute Gasteiger partial charge is 0.275 e. The molecule has 1 heterocycles. The van der Waals surface area contributed by atoms with Gasteiger partial charge in [-0.25, -0.2) is 8.78 Å². The van der Waals surface area contributed by atoms with E-state index in [1.165, 1.54) is 12.8 Å². The Hall–Kier alpha value is -1.76. The Labute approximate surface area is 115 Å². The molecule has 0 amide bonds. The lowest BCUT2D eigenvalue weighted by molar-refractivity contribution is -0.385. The summed E-state index contributed by atoms with van der Waals surface area (Å²) in [4.78, 5) is 12.0. The second-order valence-electron chi connectivity index (χ2n) is 4.87. The summed E-state index contributed by atoms with van der Waals surface area (Å²) in [6, 6.07) is 1.46. The Morgan fingerprint density at radius 1 is 1.25 bits per heavy atom. The van der Waals surface area contributed by atoms with Crippen LogP contribution in [0, 0.1) is 21.7 Å².